The molecule has 1 fully saturated rings. The van der Waals surface area contributed by atoms with Crippen LogP contribution in [0.4, 0.5) is 0 Å². The average Bonchev–Trinajstić information content (AvgIpc) is 3.08. The highest BCUT2D eigenvalue weighted by Gasteiger charge is 2.19. The SMILES string of the molecule is CCNC(=NCc1nccn1CC(C)C)NC1CCN(CCCOC)CC1. The Morgan fingerprint density at radius 1 is 1.37 bits per heavy atom. The van der Waals surface area contributed by atoms with Crippen molar-refractivity contribution >= 4 is 5.96 Å². The molecule has 0 aromatic carbocycles. The maximum Gasteiger partial charge on any atom is 0.191 e. The van der Waals surface area contributed by atoms with Crippen molar-refractivity contribution < 1.29 is 4.74 Å². The van der Waals surface area contributed by atoms with Gasteiger partial charge < -0.3 is 24.8 Å². The fraction of sp³-hybridized carbons (Fsp3) is 0.800. The molecule has 0 aliphatic carbocycles. The summed E-state index contributed by atoms with van der Waals surface area (Å²) in [6.07, 6.45) is 7.33. The zero-order valence-electron chi connectivity index (χ0n) is 17.6. The first kappa shape index (κ1) is 21.7. The summed E-state index contributed by atoms with van der Waals surface area (Å²) in [6.45, 7) is 13.3. The van der Waals surface area contributed by atoms with Gasteiger partial charge in [0.1, 0.15) is 12.4 Å². The van der Waals surface area contributed by atoms with Gasteiger partial charge in [0.05, 0.1) is 0 Å². The first-order valence-corrected chi connectivity index (χ1v) is 10.4. The first-order chi connectivity index (χ1) is 13.1. The normalized spacial score (nSPS) is 16.9. The summed E-state index contributed by atoms with van der Waals surface area (Å²) in [7, 11) is 1.77. The summed E-state index contributed by atoms with van der Waals surface area (Å²) in [4.78, 5) is 11.8. The lowest BCUT2D eigenvalue weighted by atomic mass is 10.1. The van der Waals surface area contributed by atoms with E-state index in [4.69, 9.17) is 9.73 Å². The van der Waals surface area contributed by atoms with Gasteiger partial charge in [-0.25, -0.2) is 9.98 Å². The summed E-state index contributed by atoms with van der Waals surface area (Å²) in [6, 6.07) is 0.483. The van der Waals surface area contributed by atoms with Gasteiger partial charge in [0.25, 0.3) is 0 Å². The smallest absolute Gasteiger partial charge is 0.191 e. The fourth-order valence-corrected chi connectivity index (χ4v) is 3.45. The number of methoxy groups -OCH3 is 1. The number of piperidine rings is 1. The van der Waals surface area contributed by atoms with E-state index in [9.17, 15) is 0 Å². The van der Waals surface area contributed by atoms with Gasteiger partial charge in [-0.3, -0.25) is 0 Å². The molecule has 2 N–H and O–H groups in total. The molecule has 0 saturated carbocycles. The second-order valence-electron chi connectivity index (χ2n) is 7.69. The van der Waals surface area contributed by atoms with Crippen LogP contribution in [0.5, 0.6) is 0 Å². The van der Waals surface area contributed by atoms with Gasteiger partial charge in [-0.15, -0.1) is 0 Å². The quantitative estimate of drug-likeness (QED) is 0.371. The Morgan fingerprint density at radius 2 is 2.15 bits per heavy atom. The maximum atomic E-state index is 5.15. The number of hydrogen-bond donors (Lipinski definition) is 2. The molecular weight excluding hydrogens is 340 g/mol. The average molecular weight is 379 g/mol. The molecule has 0 spiro atoms. The summed E-state index contributed by atoms with van der Waals surface area (Å²) >= 11 is 0. The topological polar surface area (TPSA) is 66.7 Å². The van der Waals surface area contributed by atoms with Crippen LogP contribution in [-0.4, -0.2) is 66.3 Å². The fourth-order valence-electron chi connectivity index (χ4n) is 3.45. The van der Waals surface area contributed by atoms with Crippen LogP contribution in [0.15, 0.2) is 17.4 Å². The zero-order valence-corrected chi connectivity index (χ0v) is 17.6. The molecule has 154 valence electrons. The van der Waals surface area contributed by atoms with Gasteiger partial charge in [-0.05, 0) is 32.1 Å². The van der Waals surface area contributed by atoms with E-state index < -0.39 is 0 Å². The summed E-state index contributed by atoms with van der Waals surface area (Å²) in [5, 5.41) is 7.00. The van der Waals surface area contributed by atoms with E-state index in [-0.39, 0.29) is 0 Å². The second-order valence-corrected chi connectivity index (χ2v) is 7.69. The van der Waals surface area contributed by atoms with Gasteiger partial charge in [0.15, 0.2) is 5.96 Å². The Balaban J connectivity index is 1.83. The predicted molar refractivity (Wildman–Crippen MR) is 111 cm³/mol. The Kier molecular flexibility index (Phi) is 9.62. The molecule has 2 heterocycles. The number of nitrogens with one attached hydrogen (secondary N) is 2. The van der Waals surface area contributed by atoms with Gasteiger partial charge in [-0.1, -0.05) is 13.8 Å². The van der Waals surface area contributed by atoms with Crippen molar-refractivity contribution in [2.24, 2.45) is 10.9 Å². The highest BCUT2D eigenvalue weighted by Crippen LogP contribution is 2.11. The molecule has 7 heteroatoms. The monoisotopic (exact) mass is 378 g/mol. The summed E-state index contributed by atoms with van der Waals surface area (Å²) in [5.74, 6) is 2.52. The van der Waals surface area contributed by atoms with Crippen LogP contribution in [-0.2, 0) is 17.8 Å². The molecule has 0 unspecified atom stereocenters. The minimum Gasteiger partial charge on any atom is -0.385 e. The third-order valence-electron chi connectivity index (χ3n) is 4.84. The molecule has 0 amide bonds. The zero-order chi connectivity index (χ0) is 19.5. The molecule has 0 radical (unpaired) electrons. The molecule has 1 saturated heterocycles. The Morgan fingerprint density at radius 3 is 2.81 bits per heavy atom. The maximum absolute atomic E-state index is 5.15. The molecule has 1 aliphatic rings. The number of imidazole rings is 1. The van der Waals surface area contributed by atoms with Crippen molar-refractivity contribution in [3.8, 4) is 0 Å². The minimum atomic E-state index is 0.483. The van der Waals surface area contributed by atoms with E-state index in [1.807, 2.05) is 12.4 Å². The Labute approximate surface area is 164 Å². The highest BCUT2D eigenvalue weighted by atomic mass is 16.5. The van der Waals surface area contributed by atoms with Crippen LogP contribution < -0.4 is 10.6 Å². The van der Waals surface area contributed by atoms with Crippen LogP contribution >= 0.6 is 0 Å². The lowest BCUT2D eigenvalue weighted by Gasteiger charge is -2.33. The third-order valence-corrected chi connectivity index (χ3v) is 4.84. The summed E-state index contributed by atoms with van der Waals surface area (Å²) in [5.41, 5.74) is 0. The Bertz CT molecular complexity index is 548. The number of likely N-dealkylation sites (tertiary alicyclic amines) is 1. The number of guanidine groups is 1. The lowest BCUT2D eigenvalue weighted by molar-refractivity contribution is 0.155. The van der Waals surface area contributed by atoms with Gasteiger partial charge in [0, 0.05) is 64.9 Å². The number of nitrogens with zero attached hydrogens (tertiary/aromatic N) is 4. The van der Waals surface area contributed by atoms with Crippen molar-refractivity contribution in [3.63, 3.8) is 0 Å². The van der Waals surface area contributed by atoms with Gasteiger partial charge in [0.2, 0.25) is 0 Å². The van der Waals surface area contributed by atoms with Crippen LogP contribution in [0.1, 0.15) is 45.9 Å². The third kappa shape index (κ3) is 7.89. The van der Waals surface area contributed by atoms with Crippen molar-refractivity contribution in [1.29, 1.82) is 0 Å². The van der Waals surface area contributed by atoms with Crippen molar-refractivity contribution in [3.05, 3.63) is 18.2 Å². The first-order valence-electron chi connectivity index (χ1n) is 10.4. The summed E-state index contributed by atoms with van der Waals surface area (Å²) < 4.78 is 7.36. The van der Waals surface area contributed by atoms with Crippen molar-refractivity contribution in [2.75, 3.05) is 39.9 Å². The highest BCUT2D eigenvalue weighted by molar-refractivity contribution is 5.80. The largest absolute Gasteiger partial charge is 0.385 e. The number of ether oxygens (including phenoxy) is 1. The van der Waals surface area contributed by atoms with Crippen LogP contribution in [0.2, 0.25) is 0 Å². The van der Waals surface area contributed by atoms with Crippen LogP contribution in [0.25, 0.3) is 0 Å². The van der Waals surface area contributed by atoms with Gasteiger partial charge in [-0.2, -0.15) is 0 Å². The molecule has 7 nitrogen and oxygen atoms in total. The van der Waals surface area contributed by atoms with E-state index in [1.165, 1.54) is 0 Å². The van der Waals surface area contributed by atoms with Crippen molar-refractivity contribution in [2.45, 2.75) is 59.2 Å². The molecular formula is C20H38N6O. The molecule has 27 heavy (non-hydrogen) atoms. The predicted octanol–water partition coefficient (Wildman–Crippen LogP) is 2.10. The minimum absolute atomic E-state index is 0.483. The Hall–Kier alpha value is -1.60. The van der Waals surface area contributed by atoms with Gasteiger partial charge >= 0.3 is 0 Å². The molecule has 2 rings (SSSR count). The van der Waals surface area contributed by atoms with E-state index in [0.717, 1.165) is 70.4 Å². The molecule has 1 aromatic rings. The number of hydrogen-bond acceptors (Lipinski definition) is 4. The van der Waals surface area contributed by atoms with Crippen molar-refractivity contribution in [1.82, 2.24) is 25.1 Å². The number of aromatic nitrogens is 2. The van der Waals surface area contributed by atoms with E-state index in [1.54, 1.807) is 7.11 Å². The van der Waals surface area contributed by atoms with E-state index in [0.29, 0.717) is 18.5 Å². The number of rotatable bonds is 10. The molecule has 1 aliphatic heterocycles. The number of aliphatic imine (C=N–C) groups is 1. The van der Waals surface area contributed by atoms with Crippen LogP contribution in [0.3, 0.4) is 0 Å². The standard InChI is InChI=1S/C20H38N6O/c1-5-21-20(23-15-19-22-9-13-26(19)16-17(2)3)24-18-7-11-25(12-8-18)10-6-14-27-4/h9,13,17-18H,5-8,10-12,14-16H2,1-4H3,(H2,21,23,24). The van der Waals surface area contributed by atoms with E-state index in [2.05, 4.69) is 45.9 Å². The van der Waals surface area contributed by atoms with E-state index >= 15 is 0 Å². The molecule has 0 bridgehead atoms. The lowest BCUT2D eigenvalue weighted by Crippen LogP contribution is -2.48. The second kappa shape index (κ2) is 12.0. The van der Waals surface area contributed by atoms with Crippen LogP contribution in [0, 0.1) is 5.92 Å². The molecule has 1 aromatic heterocycles. The molecule has 0 atom stereocenters.